The van der Waals surface area contributed by atoms with E-state index in [4.69, 9.17) is 21.6 Å². The highest BCUT2D eigenvalue weighted by atomic mass is 32.1. The Balaban J connectivity index is 1.39. The summed E-state index contributed by atoms with van der Waals surface area (Å²) in [5, 5.41) is 15.6. The van der Waals surface area contributed by atoms with Crippen molar-refractivity contribution >= 4 is 39.5 Å². The van der Waals surface area contributed by atoms with Crippen molar-refractivity contribution in [1.82, 2.24) is 20.5 Å². The van der Waals surface area contributed by atoms with E-state index in [-0.39, 0.29) is 17.8 Å². The molecule has 4 heterocycles. The van der Waals surface area contributed by atoms with Crippen LogP contribution in [0.5, 0.6) is 5.88 Å². The SMILES string of the molecule is CN1CCC(Oc2cc(N3CCNCC3)cc(C(=N)NC(=O)C3(C)CCCc4sc(N)c(N)c43)n2)CC1. The van der Waals surface area contributed by atoms with E-state index in [1.165, 1.54) is 11.3 Å². The molecule has 0 spiro atoms. The molecule has 2 aliphatic heterocycles. The fourth-order valence-electron chi connectivity index (χ4n) is 5.62. The molecular weight excluding hydrogens is 488 g/mol. The molecule has 0 radical (unpaired) electrons. The number of aryl methyl sites for hydroxylation is 1. The van der Waals surface area contributed by atoms with E-state index < -0.39 is 5.41 Å². The first-order valence-electron chi connectivity index (χ1n) is 13.1. The van der Waals surface area contributed by atoms with Crippen molar-refractivity contribution in [2.24, 2.45) is 0 Å². The lowest BCUT2D eigenvalue weighted by Crippen LogP contribution is -2.47. The molecule has 2 fully saturated rings. The first-order chi connectivity index (χ1) is 17.7. The Morgan fingerprint density at radius 1 is 1.24 bits per heavy atom. The Morgan fingerprint density at radius 2 is 1.97 bits per heavy atom. The molecule has 0 saturated carbocycles. The summed E-state index contributed by atoms with van der Waals surface area (Å²) in [7, 11) is 2.12. The van der Waals surface area contributed by atoms with E-state index in [1.54, 1.807) is 0 Å². The Bertz CT molecular complexity index is 1170. The van der Waals surface area contributed by atoms with Gasteiger partial charge in [-0.3, -0.25) is 10.2 Å². The molecule has 2 saturated heterocycles. The van der Waals surface area contributed by atoms with Crippen LogP contribution in [0.25, 0.3) is 0 Å². The molecule has 3 aliphatic rings. The van der Waals surface area contributed by atoms with Crippen LogP contribution in [-0.4, -0.2) is 74.0 Å². The molecule has 0 aromatic carbocycles. The number of aromatic nitrogens is 1. The van der Waals surface area contributed by atoms with E-state index >= 15 is 0 Å². The second kappa shape index (κ2) is 10.5. The molecule has 1 aliphatic carbocycles. The summed E-state index contributed by atoms with van der Waals surface area (Å²) in [6, 6.07) is 3.84. The van der Waals surface area contributed by atoms with Crippen molar-refractivity contribution in [2.45, 2.75) is 50.5 Å². The predicted molar refractivity (Wildman–Crippen MR) is 149 cm³/mol. The number of fused-ring (bicyclic) bond motifs is 1. The Hall–Kier alpha value is -2.89. The van der Waals surface area contributed by atoms with Crippen molar-refractivity contribution < 1.29 is 9.53 Å². The van der Waals surface area contributed by atoms with E-state index in [0.717, 1.165) is 81.1 Å². The van der Waals surface area contributed by atoms with Crippen LogP contribution in [0, 0.1) is 5.41 Å². The van der Waals surface area contributed by atoms with Gasteiger partial charge in [0, 0.05) is 61.5 Å². The summed E-state index contributed by atoms with van der Waals surface area (Å²) in [5.74, 6) is 0.209. The molecule has 2 aromatic rings. The molecule has 1 unspecified atom stereocenters. The number of carbonyl (C=O) groups is 1. The average molecular weight is 527 g/mol. The zero-order valence-electron chi connectivity index (χ0n) is 21.7. The van der Waals surface area contributed by atoms with Crippen LogP contribution in [0.15, 0.2) is 12.1 Å². The number of nitrogens with zero attached hydrogens (tertiary/aromatic N) is 3. The van der Waals surface area contributed by atoms with Crippen molar-refractivity contribution in [3.05, 3.63) is 28.3 Å². The number of nitrogens with two attached hydrogens (primary N) is 2. The Labute approximate surface area is 222 Å². The van der Waals surface area contributed by atoms with Gasteiger partial charge in [0.1, 0.15) is 16.8 Å². The summed E-state index contributed by atoms with van der Waals surface area (Å²) in [6.07, 6.45) is 4.35. The number of nitrogen functional groups attached to an aromatic ring is 2. The van der Waals surface area contributed by atoms with Crippen LogP contribution >= 0.6 is 11.3 Å². The molecular formula is C26H38N8O2S. The van der Waals surface area contributed by atoms with Crippen LogP contribution in [0.4, 0.5) is 16.4 Å². The van der Waals surface area contributed by atoms with Gasteiger partial charge in [0.25, 0.3) is 0 Å². The maximum absolute atomic E-state index is 13.6. The van der Waals surface area contributed by atoms with Gasteiger partial charge in [-0.25, -0.2) is 4.98 Å². The van der Waals surface area contributed by atoms with Crippen molar-refractivity contribution in [3.63, 3.8) is 0 Å². The maximum atomic E-state index is 13.6. The standard InChI is InChI=1S/C26H38N8O2S/c1-26(7-3-4-19-21(26)22(27)24(29)37-19)25(35)32-23(28)18-14-16(34-12-8-30-9-13-34)15-20(31-18)36-17-5-10-33(2)11-6-17/h14-15,17,30H,3-13,27,29H2,1-2H3,(H2,28,32,35). The normalized spacial score (nSPS) is 22.9. The van der Waals surface area contributed by atoms with E-state index in [2.05, 4.69) is 32.5 Å². The number of pyridine rings is 1. The number of rotatable bonds is 5. The first kappa shape index (κ1) is 25.7. The van der Waals surface area contributed by atoms with Gasteiger partial charge in [-0.05, 0) is 52.1 Å². The zero-order valence-corrected chi connectivity index (χ0v) is 22.5. The molecule has 0 bridgehead atoms. The molecule has 7 N–H and O–H groups in total. The number of nitrogens with one attached hydrogen (secondary N) is 3. The number of ether oxygens (including phenoxy) is 1. The van der Waals surface area contributed by atoms with Crippen molar-refractivity contribution in [2.75, 3.05) is 62.7 Å². The van der Waals surface area contributed by atoms with Gasteiger partial charge in [0.2, 0.25) is 11.8 Å². The van der Waals surface area contributed by atoms with Crippen LogP contribution < -0.4 is 31.7 Å². The number of hydrogen-bond acceptors (Lipinski definition) is 10. The number of piperazine rings is 1. The summed E-state index contributed by atoms with van der Waals surface area (Å²) in [6.45, 7) is 7.36. The molecule has 10 nitrogen and oxygen atoms in total. The summed E-state index contributed by atoms with van der Waals surface area (Å²) < 4.78 is 6.31. The predicted octanol–water partition coefficient (Wildman–Crippen LogP) is 1.93. The highest BCUT2D eigenvalue weighted by Crippen LogP contribution is 2.47. The van der Waals surface area contributed by atoms with E-state index in [9.17, 15) is 4.79 Å². The number of hydrogen-bond donors (Lipinski definition) is 5. The molecule has 5 rings (SSSR count). The molecule has 11 heteroatoms. The number of anilines is 3. The number of likely N-dealkylation sites (tertiary alicyclic amines) is 1. The minimum Gasteiger partial charge on any atom is -0.474 e. The molecule has 1 amide bonds. The minimum absolute atomic E-state index is 0.0367. The number of amides is 1. The molecule has 2 aromatic heterocycles. The lowest BCUT2D eigenvalue weighted by atomic mass is 9.72. The van der Waals surface area contributed by atoms with Gasteiger partial charge < -0.3 is 36.6 Å². The van der Waals surface area contributed by atoms with E-state index in [0.29, 0.717) is 28.7 Å². The zero-order chi connectivity index (χ0) is 26.2. The number of thiophene rings is 1. The van der Waals surface area contributed by atoms with Gasteiger partial charge in [-0.15, -0.1) is 11.3 Å². The van der Waals surface area contributed by atoms with Crippen LogP contribution in [0.3, 0.4) is 0 Å². The van der Waals surface area contributed by atoms with Crippen molar-refractivity contribution in [1.29, 1.82) is 5.41 Å². The van der Waals surface area contributed by atoms with E-state index in [1.807, 2.05) is 19.1 Å². The second-order valence-electron chi connectivity index (χ2n) is 10.6. The van der Waals surface area contributed by atoms with Crippen molar-refractivity contribution in [3.8, 4) is 5.88 Å². The monoisotopic (exact) mass is 526 g/mol. The highest BCUT2D eigenvalue weighted by Gasteiger charge is 2.43. The molecule has 200 valence electrons. The molecule has 37 heavy (non-hydrogen) atoms. The molecule has 1 atom stereocenters. The third kappa shape index (κ3) is 5.25. The lowest BCUT2D eigenvalue weighted by molar-refractivity contribution is -0.125. The van der Waals surface area contributed by atoms with Crippen LogP contribution in [-0.2, 0) is 16.6 Å². The fraction of sp³-hybridized carbons (Fsp3) is 0.577. The Morgan fingerprint density at radius 3 is 2.70 bits per heavy atom. The second-order valence-corrected chi connectivity index (χ2v) is 11.7. The fourth-order valence-corrected chi connectivity index (χ4v) is 6.78. The topological polar surface area (TPSA) is 146 Å². The highest BCUT2D eigenvalue weighted by molar-refractivity contribution is 7.16. The number of carbonyl (C=O) groups excluding carboxylic acids is 1. The number of piperidine rings is 1. The lowest BCUT2D eigenvalue weighted by Gasteiger charge is -2.33. The third-order valence-electron chi connectivity index (χ3n) is 7.90. The Kier molecular flexibility index (Phi) is 7.28. The van der Waals surface area contributed by atoms with Crippen LogP contribution in [0.2, 0.25) is 0 Å². The van der Waals surface area contributed by atoms with Gasteiger partial charge in [0.05, 0.1) is 11.1 Å². The van der Waals surface area contributed by atoms with Gasteiger partial charge >= 0.3 is 0 Å². The van der Waals surface area contributed by atoms with Gasteiger partial charge in [-0.1, -0.05) is 0 Å². The largest absolute Gasteiger partial charge is 0.474 e. The summed E-state index contributed by atoms with van der Waals surface area (Å²) in [5.41, 5.74) is 14.2. The summed E-state index contributed by atoms with van der Waals surface area (Å²) in [4.78, 5) is 23.9. The quantitative estimate of drug-likeness (QED) is 0.293. The van der Waals surface area contributed by atoms with Crippen LogP contribution in [0.1, 0.15) is 48.7 Å². The maximum Gasteiger partial charge on any atom is 0.236 e. The third-order valence-corrected chi connectivity index (χ3v) is 8.99. The van der Waals surface area contributed by atoms with Gasteiger partial charge in [0.15, 0.2) is 5.84 Å². The average Bonchev–Trinajstić information content (AvgIpc) is 3.20. The minimum atomic E-state index is -0.846. The first-order valence-corrected chi connectivity index (χ1v) is 14.0. The summed E-state index contributed by atoms with van der Waals surface area (Å²) >= 11 is 1.46. The van der Waals surface area contributed by atoms with Gasteiger partial charge in [-0.2, -0.15) is 0 Å². The number of amidine groups is 1. The smallest absolute Gasteiger partial charge is 0.236 e.